The van der Waals surface area contributed by atoms with Gasteiger partial charge in [0, 0.05) is 28.5 Å². The largest absolute Gasteiger partial charge is 0.496 e. The van der Waals surface area contributed by atoms with E-state index in [1.54, 1.807) is 31.5 Å². The van der Waals surface area contributed by atoms with E-state index in [9.17, 15) is 9.59 Å². The molecule has 4 rings (SSSR count). The Bertz CT molecular complexity index is 1250. The number of hydrogen-bond acceptors (Lipinski definition) is 4. The zero-order valence-electron chi connectivity index (χ0n) is 16.7. The topological polar surface area (TPSA) is 108 Å². The first-order chi connectivity index (χ1) is 15.0. The van der Waals surface area contributed by atoms with Gasteiger partial charge in [0.15, 0.2) is 0 Å². The van der Waals surface area contributed by atoms with E-state index in [1.807, 2.05) is 30.5 Å². The van der Waals surface area contributed by atoms with Crippen molar-refractivity contribution >= 4 is 38.6 Å². The Balaban J connectivity index is 1.76. The van der Waals surface area contributed by atoms with Crippen LogP contribution in [0.15, 0.2) is 59.3 Å². The van der Waals surface area contributed by atoms with Crippen molar-refractivity contribution in [3.8, 4) is 22.6 Å². The Labute approximate surface area is 186 Å². The van der Waals surface area contributed by atoms with Crippen LogP contribution in [0.1, 0.15) is 20.8 Å². The maximum atomic E-state index is 13.0. The Hall–Kier alpha value is -3.72. The van der Waals surface area contributed by atoms with Gasteiger partial charge in [-0.2, -0.15) is 0 Å². The molecule has 0 fully saturated rings. The lowest BCUT2D eigenvalue weighted by atomic mass is 10.0. The van der Waals surface area contributed by atoms with Gasteiger partial charge in [0.2, 0.25) is 0 Å². The number of hydrazine groups is 1. The maximum absolute atomic E-state index is 13.0. The van der Waals surface area contributed by atoms with Crippen LogP contribution in [-0.2, 0) is 0 Å². The zero-order valence-corrected chi connectivity index (χ0v) is 18.3. The van der Waals surface area contributed by atoms with Crippen molar-refractivity contribution in [3.05, 3.63) is 70.6 Å². The summed E-state index contributed by atoms with van der Waals surface area (Å²) in [7, 11) is 3.02. The molecule has 0 saturated heterocycles. The van der Waals surface area contributed by atoms with Gasteiger partial charge in [-0.05, 0) is 29.8 Å². The summed E-state index contributed by atoms with van der Waals surface area (Å²) < 4.78 is 12.0. The van der Waals surface area contributed by atoms with Crippen LogP contribution in [0.5, 0.6) is 11.5 Å². The maximum Gasteiger partial charge on any atom is 0.286 e. The molecular weight excluding hydrogens is 464 g/mol. The standard InChI is InChI=1S/C22H19BrN4O4/c1-30-16-10-17(31-2)19(22(29)27-26-21(28)15-4-3-9-24-15)20-18(16)14(11-25-20)12-5-7-13(23)8-6-12/h3-11,24-25H,1-2H3,(H,26,28)(H,27,29). The predicted octanol–water partition coefficient (Wildman–Crippen LogP) is 4.02. The van der Waals surface area contributed by atoms with Gasteiger partial charge in [0.05, 0.1) is 25.1 Å². The molecule has 0 radical (unpaired) electrons. The Morgan fingerprint density at radius 3 is 2.29 bits per heavy atom. The van der Waals surface area contributed by atoms with Crippen LogP contribution in [0, 0.1) is 0 Å². The first-order valence-corrected chi connectivity index (χ1v) is 10.1. The van der Waals surface area contributed by atoms with Crippen LogP contribution in [0.2, 0.25) is 0 Å². The van der Waals surface area contributed by atoms with Gasteiger partial charge >= 0.3 is 0 Å². The van der Waals surface area contributed by atoms with Gasteiger partial charge in [-0.1, -0.05) is 28.1 Å². The summed E-state index contributed by atoms with van der Waals surface area (Å²) >= 11 is 3.44. The third kappa shape index (κ3) is 3.87. The van der Waals surface area contributed by atoms with E-state index in [2.05, 4.69) is 36.7 Å². The molecule has 2 aromatic heterocycles. The quantitative estimate of drug-likeness (QED) is 0.322. The van der Waals surface area contributed by atoms with E-state index in [0.717, 1.165) is 21.0 Å². The molecule has 0 aliphatic carbocycles. The van der Waals surface area contributed by atoms with E-state index in [0.29, 0.717) is 22.7 Å². The number of ether oxygens (including phenoxy) is 2. The summed E-state index contributed by atoms with van der Waals surface area (Å²) in [6, 6.07) is 12.7. The van der Waals surface area contributed by atoms with Crippen LogP contribution in [0.4, 0.5) is 0 Å². The molecule has 0 atom stereocenters. The molecule has 0 aliphatic heterocycles. The second kappa shape index (κ2) is 8.57. The number of H-pyrrole nitrogens is 2. The Morgan fingerprint density at radius 1 is 0.935 bits per heavy atom. The van der Waals surface area contributed by atoms with Crippen molar-refractivity contribution in [1.29, 1.82) is 0 Å². The predicted molar refractivity (Wildman–Crippen MR) is 120 cm³/mol. The number of aromatic nitrogens is 2. The number of methoxy groups -OCH3 is 2. The molecular formula is C22H19BrN4O4. The third-order valence-corrected chi connectivity index (χ3v) is 5.37. The van der Waals surface area contributed by atoms with E-state index >= 15 is 0 Å². The first kappa shape index (κ1) is 20.5. The van der Waals surface area contributed by atoms with Crippen LogP contribution >= 0.6 is 15.9 Å². The molecule has 2 amide bonds. The van der Waals surface area contributed by atoms with Crippen LogP contribution in [-0.4, -0.2) is 36.0 Å². The fraction of sp³-hybridized carbons (Fsp3) is 0.0909. The Kier molecular flexibility index (Phi) is 5.68. The third-order valence-electron chi connectivity index (χ3n) is 4.84. The molecule has 4 N–H and O–H groups in total. The number of carbonyl (C=O) groups is 2. The van der Waals surface area contributed by atoms with Crippen molar-refractivity contribution in [2.24, 2.45) is 0 Å². The number of carbonyl (C=O) groups excluding carboxylic acids is 2. The highest BCUT2D eigenvalue weighted by atomic mass is 79.9. The number of benzene rings is 2. The molecule has 2 heterocycles. The average molecular weight is 483 g/mol. The minimum Gasteiger partial charge on any atom is -0.496 e. The van der Waals surface area contributed by atoms with Crippen LogP contribution < -0.4 is 20.3 Å². The molecule has 0 unspecified atom stereocenters. The zero-order chi connectivity index (χ0) is 22.0. The molecule has 2 aromatic carbocycles. The average Bonchev–Trinajstić information content (AvgIpc) is 3.47. The smallest absolute Gasteiger partial charge is 0.286 e. The summed E-state index contributed by atoms with van der Waals surface area (Å²) in [4.78, 5) is 31.1. The molecule has 0 bridgehead atoms. The lowest BCUT2D eigenvalue weighted by Gasteiger charge is -2.14. The number of fused-ring (bicyclic) bond motifs is 1. The lowest BCUT2D eigenvalue weighted by Crippen LogP contribution is -2.42. The van der Waals surface area contributed by atoms with Gasteiger partial charge in [0.25, 0.3) is 11.8 Å². The molecule has 9 heteroatoms. The van der Waals surface area contributed by atoms with Gasteiger partial charge in [-0.15, -0.1) is 0 Å². The number of aromatic amines is 2. The van der Waals surface area contributed by atoms with Gasteiger partial charge in [-0.25, -0.2) is 0 Å². The molecule has 8 nitrogen and oxygen atoms in total. The lowest BCUT2D eigenvalue weighted by molar-refractivity contribution is 0.0843. The summed E-state index contributed by atoms with van der Waals surface area (Å²) in [5.74, 6) is -0.143. The normalized spacial score (nSPS) is 10.7. The molecule has 158 valence electrons. The van der Waals surface area contributed by atoms with Crippen molar-refractivity contribution in [3.63, 3.8) is 0 Å². The highest BCUT2D eigenvalue weighted by Gasteiger charge is 2.24. The van der Waals surface area contributed by atoms with Crippen molar-refractivity contribution < 1.29 is 19.1 Å². The fourth-order valence-corrected chi connectivity index (χ4v) is 3.65. The van der Waals surface area contributed by atoms with E-state index < -0.39 is 11.8 Å². The molecule has 31 heavy (non-hydrogen) atoms. The molecule has 4 aromatic rings. The number of amides is 2. The number of hydrogen-bond donors (Lipinski definition) is 4. The molecule has 0 aliphatic rings. The van der Waals surface area contributed by atoms with Crippen molar-refractivity contribution in [2.45, 2.75) is 0 Å². The van der Waals surface area contributed by atoms with E-state index in [-0.39, 0.29) is 5.56 Å². The summed E-state index contributed by atoms with van der Waals surface area (Å²) in [6.45, 7) is 0. The number of nitrogens with one attached hydrogen (secondary N) is 4. The summed E-state index contributed by atoms with van der Waals surface area (Å²) in [5.41, 5.74) is 7.75. The second-order valence-corrected chi connectivity index (χ2v) is 7.52. The number of halogens is 1. The monoisotopic (exact) mass is 482 g/mol. The minimum absolute atomic E-state index is 0.244. The van der Waals surface area contributed by atoms with Gasteiger partial charge in [0.1, 0.15) is 22.8 Å². The van der Waals surface area contributed by atoms with E-state index in [1.165, 1.54) is 7.11 Å². The van der Waals surface area contributed by atoms with Crippen LogP contribution in [0.25, 0.3) is 22.0 Å². The number of rotatable bonds is 5. The Morgan fingerprint density at radius 2 is 1.65 bits per heavy atom. The van der Waals surface area contributed by atoms with Gasteiger partial charge in [-0.3, -0.25) is 20.4 Å². The first-order valence-electron chi connectivity index (χ1n) is 9.29. The highest BCUT2D eigenvalue weighted by molar-refractivity contribution is 9.10. The van der Waals surface area contributed by atoms with Crippen LogP contribution in [0.3, 0.4) is 0 Å². The molecule has 0 saturated carbocycles. The fourth-order valence-electron chi connectivity index (χ4n) is 3.38. The highest BCUT2D eigenvalue weighted by Crippen LogP contribution is 2.41. The molecule has 0 spiro atoms. The van der Waals surface area contributed by atoms with Gasteiger partial charge < -0.3 is 19.4 Å². The minimum atomic E-state index is -0.534. The van der Waals surface area contributed by atoms with Crippen molar-refractivity contribution in [1.82, 2.24) is 20.8 Å². The SMILES string of the molecule is COc1cc(OC)c2c(-c3ccc(Br)cc3)c[nH]c2c1C(=O)NNC(=O)c1ccc[nH]1. The van der Waals surface area contributed by atoms with E-state index in [4.69, 9.17) is 9.47 Å². The second-order valence-electron chi connectivity index (χ2n) is 6.61. The van der Waals surface area contributed by atoms with Crippen molar-refractivity contribution in [2.75, 3.05) is 14.2 Å². The summed E-state index contributed by atoms with van der Waals surface area (Å²) in [6.07, 6.45) is 3.43. The summed E-state index contributed by atoms with van der Waals surface area (Å²) in [5, 5.41) is 0.728.